The number of benzene rings is 2. The molecule has 8 heteroatoms. The first-order chi connectivity index (χ1) is 17.1. The molecule has 0 bridgehead atoms. The van der Waals surface area contributed by atoms with Gasteiger partial charge in [-0.05, 0) is 47.6 Å². The van der Waals surface area contributed by atoms with E-state index in [4.69, 9.17) is 10.7 Å². The van der Waals surface area contributed by atoms with Crippen LogP contribution in [0.25, 0.3) is 27.8 Å². The number of rotatable bonds is 4. The second kappa shape index (κ2) is 7.27. The van der Waals surface area contributed by atoms with E-state index in [1.807, 2.05) is 76.3 Å². The number of amides is 2. The van der Waals surface area contributed by atoms with Crippen LogP contribution < -0.4 is 5.73 Å². The number of piperidine rings is 1. The van der Waals surface area contributed by atoms with Gasteiger partial charge < -0.3 is 15.0 Å². The molecule has 2 aliphatic rings. The number of aromatic amines is 1. The van der Waals surface area contributed by atoms with Crippen molar-refractivity contribution in [3.8, 4) is 11.3 Å². The normalized spacial score (nSPS) is 20.9. The summed E-state index contributed by atoms with van der Waals surface area (Å²) in [5.41, 5.74) is 11.2. The third kappa shape index (κ3) is 2.99. The van der Waals surface area contributed by atoms with E-state index < -0.39 is 5.91 Å². The maximum absolute atomic E-state index is 13.3. The van der Waals surface area contributed by atoms with E-state index in [0.29, 0.717) is 24.3 Å². The molecule has 2 aromatic carbocycles. The molecule has 35 heavy (non-hydrogen) atoms. The van der Waals surface area contributed by atoms with Crippen LogP contribution in [0.15, 0.2) is 73.1 Å². The highest BCUT2D eigenvalue weighted by Crippen LogP contribution is 2.60. The van der Waals surface area contributed by atoms with Crippen molar-refractivity contribution in [1.29, 1.82) is 0 Å². The van der Waals surface area contributed by atoms with Gasteiger partial charge in [-0.25, -0.2) is 4.98 Å². The number of nitrogens with two attached hydrogens (primary N) is 1. The molecule has 1 unspecified atom stereocenters. The number of aromatic nitrogens is 4. The molecule has 1 saturated heterocycles. The van der Waals surface area contributed by atoms with Gasteiger partial charge in [-0.15, -0.1) is 0 Å². The van der Waals surface area contributed by atoms with Crippen LogP contribution in [0.2, 0.25) is 0 Å². The molecule has 1 aliphatic heterocycles. The summed E-state index contributed by atoms with van der Waals surface area (Å²) >= 11 is 0. The predicted molar refractivity (Wildman–Crippen MR) is 131 cm³/mol. The molecule has 0 radical (unpaired) electrons. The Balaban J connectivity index is 1.21. The third-order valence-electron chi connectivity index (χ3n) is 7.50. The van der Waals surface area contributed by atoms with Crippen molar-refractivity contribution in [3.05, 3.63) is 89.9 Å². The van der Waals surface area contributed by atoms with Crippen LogP contribution >= 0.6 is 0 Å². The zero-order valence-electron chi connectivity index (χ0n) is 18.8. The average Bonchev–Trinajstić information content (AvgIpc) is 3.31. The van der Waals surface area contributed by atoms with Crippen LogP contribution in [0.1, 0.15) is 32.3 Å². The Hall–Kier alpha value is -4.46. The quantitative estimate of drug-likeness (QED) is 0.426. The van der Waals surface area contributed by atoms with Gasteiger partial charge in [0, 0.05) is 42.0 Å². The number of hydrogen-bond acceptors (Lipinski definition) is 4. The summed E-state index contributed by atoms with van der Waals surface area (Å²) in [5.74, 6) is 0.225. The zero-order chi connectivity index (χ0) is 23.7. The molecule has 0 spiro atoms. The van der Waals surface area contributed by atoms with Gasteiger partial charge in [-0.1, -0.05) is 36.4 Å². The molecule has 3 N–H and O–H groups in total. The van der Waals surface area contributed by atoms with E-state index in [2.05, 4.69) is 10.2 Å². The van der Waals surface area contributed by atoms with E-state index in [-0.39, 0.29) is 23.7 Å². The molecule has 2 amide bonds. The Morgan fingerprint density at radius 2 is 1.77 bits per heavy atom. The lowest BCUT2D eigenvalue weighted by Gasteiger charge is -2.21. The standard InChI is InChI=1S/C27H22N6O2/c28-26(34)17-8-5-7-15(21-14-32-11-4-3-10-22(32)29-21)23(17)24-18-12-33(13-19(18)24)27(35)25-16-6-1-2-9-20(16)30-31-25/h1-11,14,18-19,24H,12-13H2,(H2,28,34)(H,30,31)/t18-,19+,24?. The van der Waals surface area contributed by atoms with Gasteiger partial charge in [0.1, 0.15) is 5.65 Å². The number of imidazole rings is 1. The first-order valence-electron chi connectivity index (χ1n) is 11.7. The molecule has 1 aliphatic carbocycles. The molecule has 8 nitrogen and oxygen atoms in total. The van der Waals surface area contributed by atoms with Crippen molar-refractivity contribution in [2.75, 3.05) is 13.1 Å². The largest absolute Gasteiger partial charge is 0.366 e. The summed E-state index contributed by atoms with van der Waals surface area (Å²) in [7, 11) is 0. The van der Waals surface area contributed by atoms with E-state index in [1.165, 1.54) is 0 Å². The Bertz CT molecular complexity index is 1610. The van der Waals surface area contributed by atoms with Gasteiger partial charge >= 0.3 is 0 Å². The Kier molecular flexibility index (Phi) is 4.14. The van der Waals surface area contributed by atoms with Crippen molar-refractivity contribution in [3.63, 3.8) is 0 Å². The van der Waals surface area contributed by atoms with E-state index in [1.54, 1.807) is 6.07 Å². The number of nitrogens with one attached hydrogen (secondary N) is 1. The van der Waals surface area contributed by atoms with Gasteiger partial charge in [0.05, 0.1) is 11.2 Å². The maximum atomic E-state index is 13.3. The topological polar surface area (TPSA) is 109 Å². The first kappa shape index (κ1) is 20.0. The van der Waals surface area contributed by atoms with Crippen molar-refractivity contribution in [2.45, 2.75) is 5.92 Å². The molecular formula is C27H22N6O2. The van der Waals surface area contributed by atoms with Gasteiger partial charge in [0.2, 0.25) is 5.91 Å². The van der Waals surface area contributed by atoms with Gasteiger partial charge in [-0.3, -0.25) is 14.7 Å². The molecule has 5 aromatic rings. The number of primary amides is 1. The van der Waals surface area contributed by atoms with Gasteiger partial charge in [0.15, 0.2) is 5.69 Å². The maximum Gasteiger partial charge on any atom is 0.275 e. The van der Waals surface area contributed by atoms with E-state index in [0.717, 1.165) is 33.4 Å². The Morgan fingerprint density at radius 1 is 0.971 bits per heavy atom. The van der Waals surface area contributed by atoms with Crippen molar-refractivity contribution in [1.82, 2.24) is 24.5 Å². The second-order valence-corrected chi connectivity index (χ2v) is 9.40. The molecule has 7 rings (SSSR count). The number of pyridine rings is 1. The van der Waals surface area contributed by atoms with Crippen molar-refractivity contribution in [2.24, 2.45) is 17.6 Å². The molecule has 2 fully saturated rings. The summed E-state index contributed by atoms with van der Waals surface area (Å²) in [6.07, 6.45) is 3.94. The number of likely N-dealkylation sites (tertiary alicyclic amines) is 1. The summed E-state index contributed by atoms with van der Waals surface area (Å²) in [5, 5.41) is 8.07. The highest BCUT2D eigenvalue weighted by Gasteiger charge is 2.58. The van der Waals surface area contributed by atoms with Crippen molar-refractivity contribution >= 4 is 28.4 Å². The van der Waals surface area contributed by atoms with Crippen LogP contribution in [-0.2, 0) is 0 Å². The number of fused-ring (bicyclic) bond motifs is 3. The number of nitrogens with zero attached hydrogens (tertiary/aromatic N) is 4. The lowest BCUT2D eigenvalue weighted by atomic mass is 9.92. The molecule has 3 aromatic heterocycles. The van der Waals surface area contributed by atoms with E-state index in [9.17, 15) is 9.59 Å². The van der Waals surface area contributed by atoms with Gasteiger partial charge in [-0.2, -0.15) is 5.10 Å². The van der Waals surface area contributed by atoms with Crippen molar-refractivity contribution < 1.29 is 9.59 Å². The summed E-state index contributed by atoms with van der Waals surface area (Å²) in [4.78, 5) is 32.3. The monoisotopic (exact) mass is 462 g/mol. The molecule has 4 heterocycles. The summed E-state index contributed by atoms with van der Waals surface area (Å²) < 4.78 is 1.97. The fourth-order valence-electron chi connectivity index (χ4n) is 5.82. The Morgan fingerprint density at radius 3 is 2.57 bits per heavy atom. The number of carbonyl (C=O) groups excluding carboxylic acids is 2. The fraction of sp³-hybridized carbons (Fsp3) is 0.185. The minimum Gasteiger partial charge on any atom is -0.366 e. The highest BCUT2D eigenvalue weighted by atomic mass is 16.2. The number of hydrogen-bond donors (Lipinski definition) is 2. The van der Waals surface area contributed by atoms with E-state index >= 15 is 0 Å². The molecular weight excluding hydrogens is 440 g/mol. The van der Waals surface area contributed by atoms with Crippen LogP contribution in [0.3, 0.4) is 0 Å². The summed E-state index contributed by atoms with van der Waals surface area (Å²) in [6.45, 7) is 1.26. The minimum atomic E-state index is -0.438. The number of carbonyl (C=O) groups is 2. The SMILES string of the molecule is NC(=O)c1cccc(-c2cn3ccccc3n2)c1C1[C@H]2CN(C(=O)c3n[nH]c4ccccc34)C[C@@H]12. The van der Waals surface area contributed by atoms with Crippen LogP contribution in [-0.4, -0.2) is 49.4 Å². The highest BCUT2D eigenvalue weighted by molar-refractivity contribution is 6.05. The first-order valence-corrected chi connectivity index (χ1v) is 11.7. The second-order valence-electron chi connectivity index (χ2n) is 9.40. The lowest BCUT2D eigenvalue weighted by molar-refractivity contribution is 0.0768. The lowest BCUT2D eigenvalue weighted by Crippen LogP contribution is -2.32. The smallest absolute Gasteiger partial charge is 0.275 e. The summed E-state index contributed by atoms with van der Waals surface area (Å²) in [6, 6.07) is 19.2. The molecule has 3 atom stereocenters. The predicted octanol–water partition coefficient (Wildman–Crippen LogP) is 3.46. The number of para-hydroxylation sites is 1. The van der Waals surface area contributed by atoms with Crippen LogP contribution in [0, 0.1) is 11.8 Å². The van der Waals surface area contributed by atoms with Crippen LogP contribution in [0.4, 0.5) is 0 Å². The number of H-pyrrole nitrogens is 1. The van der Waals surface area contributed by atoms with Gasteiger partial charge in [0.25, 0.3) is 5.91 Å². The average molecular weight is 463 g/mol. The molecule has 1 saturated carbocycles. The fourth-order valence-corrected chi connectivity index (χ4v) is 5.82. The third-order valence-corrected chi connectivity index (χ3v) is 7.50. The Labute approximate surface area is 200 Å². The zero-order valence-corrected chi connectivity index (χ0v) is 18.8. The minimum absolute atomic E-state index is 0.0582. The van der Waals surface area contributed by atoms with Crippen LogP contribution in [0.5, 0.6) is 0 Å². The molecule has 172 valence electrons.